The molecule has 9 amide bonds. The van der Waals surface area contributed by atoms with Crippen molar-refractivity contribution in [2.24, 2.45) is 88.0 Å². The number of aliphatic hydroxyl groups excluding tert-OH is 4. The van der Waals surface area contributed by atoms with Crippen molar-refractivity contribution in [1.82, 2.24) is 47.9 Å². The summed E-state index contributed by atoms with van der Waals surface area (Å²) in [6, 6.07) is -15.0. The fraction of sp³-hybridized carbons (Fsp3) is 0.659. The van der Waals surface area contributed by atoms with Gasteiger partial charge in [-0.15, -0.1) is 0 Å². The van der Waals surface area contributed by atoms with Crippen LogP contribution < -0.4 is 111 Å². The van der Waals surface area contributed by atoms with E-state index in [2.05, 4.69) is 72.8 Å². The van der Waals surface area contributed by atoms with E-state index in [9.17, 15) is 73.5 Å². The summed E-state index contributed by atoms with van der Waals surface area (Å²) < 4.78 is 0. The molecule has 36 N–H and O–H groups in total. The summed E-state index contributed by atoms with van der Waals surface area (Å²) in [5.41, 5.74) is 59.1. The minimum atomic E-state index is -1.90. The lowest BCUT2D eigenvalue weighted by Gasteiger charge is -2.27. The van der Waals surface area contributed by atoms with Crippen molar-refractivity contribution in [2.45, 2.75) is 119 Å². The number of nitrogens with zero attached hydrogens (tertiary/aromatic N) is 5. The lowest BCUT2D eigenvalue weighted by molar-refractivity contribution is -0.143. The van der Waals surface area contributed by atoms with Crippen LogP contribution in [-0.2, 0) is 47.9 Å². The normalized spacial score (nSPS) is 13.9. The van der Waals surface area contributed by atoms with E-state index in [1.165, 1.54) is 0 Å². The fourth-order valence-electron chi connectivity index (χ4n) is 7.06. The molecule has 0 aromatic heterocycles. The molecule has 0 bridgehead atoms. The molecule has 0 fully saturated rings. The maximum absolute atomic E-state index is 13.9. The van der Waals surface area contributed by atoms with Crippen LogP contribution in [0.5, 0.6) is 0 Å². The van der Waals surface area contributed by atoms with Gasteiger partial charge in [0.1, 0.15) is 54.4 Å². The van der Waals surface area contributed by atoms with E-state index in [1.807, 2.05) is 0 Å². The van der Waals surface area contributed by atoms with Crippen molar-refractivity contribution in [3.63, 3.8) is 0 Å². The Bertz CT molecular complexity index is 2310. The highest BCUT2D eigenvalue weighted by molar-refractivity contribution is 5.98. The van der Waals surface area contributed by atoms with Crippen LogP contribution in [0.1, 0.15) is 64.2 Å². The van der Waals surface area contributed by atoms with Crippen LogP contribution in [0.4, 0.5) is 0 Å². The molecule has 9 atom stereocenters. The minimum absolute atomic E-state index is 0.00779. The highest BCUT2D eigenvalue weighted by Crippen LogP contribution is 2.08. The molecule has 0 aliphatic heterocycles. The first-order chi connectivity index (χ1) is 39.6. The molecule has 0 aromatic rings. The molecule has 0 spiro atoms. The lowest BCUT2D eigenvalue weighted by Crippen LogP contribution is -2.61. The zero-order valence-electron chi connectivity index (χ0n) is 46.2. The monoisotopic (exact) mass is 1200 g/mol. The van der Waals surface area contributed by atoms with E-state index >= 15 is 0 Å². The third-order valence-electron chi connectivity index (χ3n) is 11.3. The van der Waals surface area contributed by atoms with Crippen LogP contribution in [0.15, 0.2) is 25.0 Å². The number of carboxylic acid groups (broad SMARTS) is 1. The fourth-order valence-corrected chi connectivity index (χ4v) is 7.06. The van der Waals surface area contributed by atoms with E-state index in [1.54, 1.807) is 0 Å². The second kappa shape index (κ2) is 41.8. The van der Waals surface area contributed by atoms with Gasteiger partial charge in [0.2, 0.25) is 53.2 Å². The van der Waals surface area contributed by atoms with Crippen LogP contribution >= 0.6 is 0 Å². The molecule has 0 aliphatic carbocycles. The van der Waals surface area contributed by atoms with Crippen LogP contribution in [0.25, 0.3) is 0 Å². The summed E-state index contributed by atoms with van der Waals surface area (Å²) in [4.78, 5) is 152. The van der Waals surface area contributed by atoms with Crippen molar-refractivity contribution in [1.29, 1.82) is 0 Å². The Hall–Kier alpha value is -9.15. The highest BCUT2D eigenvalue weighted by atomic mass is 16.4. The van der Waals surface area contributed by atoms with Crippen molar-refractivity contribution in [3.05, 3.63) is 0 Å². The maximum Gasteiger partial charge on any atom is 0.326 e. The SMILES string of the molecule is NCC(=O)N[C@@H](CCCN=C(N)N)C(=O)N[C@@H](CO)C(=O)N[C@@H](CCCN=C(N)N)C(=O)N[C@@H](CO)C(=O)N[C@@H](CCCN=C(N)N)C(=O)N[C@@H](CO)C(=O)N[C@@H](CCCN=C(N)N)C(=O)N[C@@H](CO)C(=O)N[C@@H](CCCN=C(N)N)C(=O)O. The van der Waals surface area contributed by atoms with Gasteiger partial charge in [0.15, 0.2) is 29.8 Å². The van der Waals surface area contributed by atoms with E-state index in [0.717, 1.165) is 0 Å². The van der Waals surface area contributed by atoms with E-state index < -0.39 is 146 Å². The highest BCUT2D eigenvalue weighted by Gasteiger charge is 2.35. The minimum Gasteiger partial charge on any atom is -0.480 e. The van der Waals surface area contributed by atoms with Crippen molar-refractivity contribution in [2.75, 3.05) is 65.7 Å². The van der Waals surface area contributed by atoms with Gasteiger partial charge in [0, 0.05) is 32.7 Å². The first-order valence-electron chi connectivity index (χ1n) is 26.0. The number of carbonyl (C=O) groups excluding carboxylic acids is 9. The number of amides is 9. The van der Waals surface area contributed by atoms with Gasteiger partial charge in [-0.2, -0.15) is 0 Å². The van der Waals surface area contributed by atoms with Gasteiger partial charge < -0.3 is 136 Å². The summed E-state index contributed by atoms with van der Waals surface area (Å²) in [6.45, 7) is -5.12. The van der Waals surface area contributed by atoms with Crippen LogP contribution in [0, 0.1) is 0 Å². The zero-order valence-corrected chi connectivity index (χ0v) is 46.2. The Morgan fingerprint density at radius 3 is 0.667 bits per heavy atom. The van der Waals surface area contributed by atoms with Crippen LogP contribution in [0.2, 0.25) is 0 Å². The molecule has 0 saturated heterocycles. The number of aliphatic hydroxyl groups is 4. The Morgan fingerprint density at radius 1 is 0.298 bits per heavy atom. The summed E-state index contributed by atoms with van der Waals surface area (Å²) in [5, 5.41) is 71.1. The summed E-state index contributed by atoms with van der Waals surface area (Å²) in [7, 11) is 0. The molecule has 84 heavy (non-hydrogen) atoms. The van der Waals surface area contributed by atoms with Gasteiger partial charge in [0.05, 0.1) is 33.0 Å². The molecule has 0 aromatic carbocycles. The average molecular weight is 1200 g/mol. The van der Waals surface area contributed by atoms with Crippen molar-refractivity contribution in [3.8, 4) is 0 Å². The first kappa shape index (κ1) is 74.8. The second-order valence-electron chi connectivity index (χ2n) is 18.1. The first-order valence-corrected chi connectivity index (χ1v) is 26.0. The molecule has 0 radical (unpaired) electrons. The molecule has 0 aliphatic rings. The number of carboxylic acids is 1. The number of rotatable bonds is 43. The average Bonchev–Trinajstić information content (AvgIpc) is 3.46. The predicted molar refractivity (Wildman–Crippen MR) is 302 cm³/mol. The number of aliphatic imine (C=N–C) groups is 5. The third-order valence-corrected chi connectivity index (χ3v) is 11.3. The molecule has 0 heterocycles. The summed E-state index contributed by atoms with van der Waals surface area (Å²) in [5.74, 6) is -12.8. The van der Waals surface area contributed by atoms with Gasteiger partial charge >= 0.3 is 5.97 Å². The van der Waals surface area contributed by atoms with Crippen LogP contribution in [-0.4, -0.2) is 235 Å². The molecular formula is C44H85N25O15. The maximum atomic E-state index is 13.9. The summed E-state index contributed by atoms with van der Waals surface area (Å²) >= 11 is 0. The number of carbonyl (C=O) groups is 10. The Kier molecular flexibility index (Phi) is 37.2. The zero-order chi connectivity index (χ0) is 63.9. The predicted octanol–water partition coefficient (Wildman–Crippen LogP) is -14.4. The topological polar surface area (TPSA) is 728 Å². The Balaban J connectivity index is 6.69. The van der Waals surface area contributed by atoms with E-state index in [4.69, 9.17) is 63.1 Å². The quantitative estimate of drug-likeness (QED) is 0.0153. The number of aliphatic carboxylic acids is 1. The molecule has 0 unspecified atom stereocenters. The number of guanidine groups is 5. The van der Waals surface area contributed by atoms with Crippen molar-refractivity contribution >= 4 is 88.9 Å². The Morgan fingerprint density at radius 2 is 0.476 bits per heavy atom. The largest absolute Gasteiger partial charge is 0.480 e. The van der Waals surface area contributed by atoms with E-state index in [0.29, 0.717) is 0 Å². The number of hydrogen-bond acceptors (Lipinski definition) is 20. The van der Waals surface area contributed by atoms with E-state index in [-0.39, 0.29) is 127 Å². The molecule has 40 nitrogen and oxygen atoms in total. The van der Waals surface area contributed by atoms with Gasteiger partial charge in [-0.25, -0.2) is 4.79 Å². The smallest absolute Gasteiger partial charge is 0.326 e. The van der Waals surface area contributed by atoms with Gasteiger partial charge in [-0.1, -0.05) is 0 Å². The summed E-state index contributed by atoms with van der Waals surface area (Å²) in [6.07, 6.45) is -0.884. The third kappa shape index (κ3) is 32.3. The number of hydrogen-bond donors (Lipinski definition) is 25. The van der Waals surface area contributed by atoms with Gasteiger partial charge in [-0.05, 0) is 64.2 Å². The van der Waals surface area contributed by atoms with Crippen LogP contribution in [0.3, 0.4) is 0 Å². The molecular weight excluding hydrogens is 1120 g/mol. The molecule has 476 valence electrons. The number of nitrogens with two attached hydrogens (primary N) is 11. The Labute approximate surface area is 481 Å². The van der Waals surface area contributed by atoms with Gasteiger partial charge in [-0.3, -0.25) is 68.1 Å². The molecule has 0 saturated carbocycles. The van der Waals surface area contributed by atoms with Gasteiger partial charge in [0.25, 0.3) is 0 Å². The van der Waals surface area contributed by atoms with Crippen molar-refractivity contribution < 1.29 is 73.5 Å². The second-order valence-corrected chi connectivity index (χ2v) is 18.1. The molecule has 40 heteroatoms. The lowest BCUT2D eigenvalue weighted by atomic mass is 10.1. The number of nitrogens with one attached hydrogen (secondary N) is 9. The molecule has 0 rings (SSSR count). The standard InChI is InChI=1S/C44H85N25O15/c45-16-30(74)61-21(6-1-11-56-40(46)47)31(75)66-26(17-70)35(79)62-22(7-2-12-57-41(48)49)32(76)67-27(18-71)36(80)63-23(8-3-13-58-42(50)51)33(77)68-28(19-72)37(81)64-24(9-4-14-59-43(52)53)34(78)69-29(20-73)38(82)65-25(39(83)84)10-5-15-60-44(54)55/h21-29,70-73H,1-20,45H2,(H,61,74)(H,62,79)(H,63,80)(H,64,81)(H,65,82)(H,66,75)(H,67,76)(H,68,77)(H,69,78)(H,83,84)(H4,46,47,56)(H4,48,49,57)(H4,50,51,58)(H4,52,53,59)(H4,54,55,60)/t21-,22-,23-,24-,25-,26-,27-,28-,29-/m0/s1.